The quantitative estimate of drug-likeness (QED) is 0.0129. The molecule has 0 aliphatic carbocycles. The van der Waals surface area contributed by atoms with Gasteiger partial charge in [0.2, 0.25) is 11.8 Å². The third-order valence-corrected chi connectivity index (χ3v) is 17.4. The first-order valence-corrected chi connectivity index (χ1v) is 32.3. The SMILES string of the molecule is CCCCC(C(=O)NCCOC(=O)C(C)Cl)N1C(=O)c2cc(Oc3ccccc3C)c3c4c(Oc5ccccc5C)cc5c6c(cc(Oc7ccccc7C)c(c7c(Oc8ccccc8C)cc(c2c37)C1=O)c64)C(=O)N(C(CCCC)C(=O)NCCOC(=O)C(C)Cl)C5=O. The van der Waals surface area contributed by atoms with E-state index in [2.05, 4.69) is 10.6 Å². The number of alkyl halides is 2. The number of nitrogens with one attached hydrogen (secondary N) is 2. The number of imide groups is 2. The summed E-state index contributed by atoms with van der Waals surface area (Å²) >= 11 is 11.9. The van der Waals surface area contributed by atoms with Crippen molar-refractivity contribution in [2.24, 2.45) is 0 Å². The second-order valence-corrected chi connectivity index (χ2v) is 24.9. The first kappa shape index (κ1) is 65.7. The van der Waals surface area contributed by atoms with Crippen molar-refractivity contribution in [3.8, 4) is 46.0 Å². The molecule has 0 fully saturated rings. The Morgan fingerprint density at radius 2 is 0.670 bits per heavy atom. The largest absolute Gasteiger partial charge is 0.463 e. The number of unbranched alkanes of at least 4 members (excludes halogenated alkanes) is 2. The van der Waals surface area contributed by atoms with E-state index in [0.29, 0.717) is 70.9 Å². The van der Waals surface area contributed by atoms with Gasteiger partial charge in [0, 0.05) is 43.1 Å². The van der Waals surface area contributed by atoms with Gasteiger partial charge in [0.15, 0.2) is 0 Å². The summed E-state index contributed by atoms with van der Waals surface area (Å²) in [5.74, 6) is -4.17. The van der Waals surface area contributed by atoms with Crippen molar-refractivity contribution in [2.45, 2.75) is 117 Å². The van der Waals surface area contributed by atoms with Gasteiger partial charge in [-0.3, -0.25) is 48.2 Å². The number of nitrogens with zero attached hydrogens (tertiary/aromatic N) is 2. The third kappa shape index (κ3) is 12.5. The van der Waals surface area contributed by atoms with Crippen LogP contribution in [0, 0.1) is 27.7 Å². The van der Waals surface area contributed by atoms with Crippen LogP contribution in [-0.4, -0.2) is 106 Å². The summed E-state index contributed by atoms with van der Waals surface area (Å²) < 4.78 is 39.3. The Morgan fingerprint density at radius 1 is 0.404 bits per heavy atom. The number of amides is 6. The average Bonchev–Trinajstić information content (AvgIpc) is 0.672. The fraction of sp³-hybridized carbons (Fsp3) is 0.297. The zero-order valence-corrected chi connectivity index (χ0v) is 54.8. The number of hydrogen-bond acceptors (Lipinski definition) is 14. The maximum absolute atomic E-state index is 16.1. The number of ether oxygens (including phenoxy) is 6. The van der Waals surface area contributed by atoms with E-state index >= 15 is 19.2 Å². The molecule has 2 aliphatic heterocycles. The number of esters is 2. The molecule has 2 N–H and O–H groups in total. The summed E-state index contributed by atoms with van der Waals surface area (Å²) in [7, 11) is 0. The molecule has 9 aromatic carbocycles. The number of aryl methyl sites for hydroxylation is 4. The van der Waals surface area contributed by atoms with E-state index in [0.717, 1.165) is 9.80 Å². The highest BCUT2D eigenvalue weighted by Gasteiger charge is 2.46. The minimum absolute atomic E-state index is 0.0130. The maximum atomic E-state index is 16.1. The van der Waals surface area contributed by atoms with E-state index in [1.807, 2.05) is 90.1 Å². The van der Waals surface area contributed by atoms with Crippen LogP contribution in [0.1, 0.15) is 130 Å². The van der Waals surface area contributed by atoms with E-state index in [-0.39, 0.29) is 127 Å². The molecule has 484 valence electrons. The first-order valence-electron chi connectivity index (χ1n) is 31.5. The third-order valence-electron chi connectivity index (χ3n) is 17.0. The number of benzene rings is 9. The van der Waals surface area contributed by atoms with E-state index in [1.165, 1.54) is 13.8 Å². The molecule has 20 heteroatoms. The zero-order valence-electron chi connectivity index (χ0n) is 53.3. The van der Waals surface area contributed by atoms with Crippen molar-refractivity contribution in [2.75, 3.05) is 26.3 Å². The molecular weight excluding hydrogens is 1240 g/mol. The van der Waals surface area contributed by atoms with E-state index in [9.17, 15) is 19.2 Å². The van der Waals surface area contributed by atoms with Crippen LogP contribution in [0.5, 0.6) is 46.0 Å². The highest BCUT2D eigenvalue weighted by Crippen LogP contribution is 2.58. The van der Waals surface area contributed by atoms with Crippen molar-refractivity contribution in [3.05, 3.63) is 166 Å². The predicted octanol–water partition coefficient (Wildman–Crippen LogP) is 15.0. The Hall–Kier alpha value is -9.78. The van der Waals surface area contributed by atoms with Crippen LogP contribution in [0.2, 0.25) is 0 Å². The average molecular weight is 1310 g/mol. The van der Waals surface area contributed by atoms with Gasteiger partial charge in [0.05, 0.1) is 35.3 Å². The lowest BCUT2D eigenvalue weighted by atomic mass is 9.80. The van der Waals surface area contributed by atoms with Gasteiger partial charge < -0.3 is 39.1 Å². The van der Waals surface area contributed by atoms with Gasteiger partial charge in [-0.05, 0) is 125 Å². The molecule has 2 heterocycles. The number of carbonyl (C=O) groups excluding carboxylic acids is 8. The van der Waals surface area contributed by atoms with Crippen LogP contribution < -0.4 is 29.6 Å². The first-order chi connectivity index (χ1) is 45.2. The molecule has 18 nitrogen and oxygen atoms in total. The Labute approximate surface area is 553 Å². The van der Waals surface area contributed by atoms with Crippen LogP contribution in [0.4, 0.5) is 0 Å². The smallest absolute Gasteiger partial charge is 0.323 e. The lowest BCUT2D eigenvalue weighted by Gasteiger charge is -2.36. The molecule has 0 bridgehead atoms. The Morgan fingerprint density at radius 3 is 0.915 bits per heavy atom. The molecule has 0 radical (unpaired) electrons. The van der Waals surface area contributed by atoms with Gasteiger partial charge >= 0.3 is 11.9 Å². The molecule has 0 saturated carbocycles. The van der Waals surface area contributed by atoms with Crippen molar-refractivity contribution in [3.63, 3.8) is 0 Å². The lowest BCUT2D eigenvalue weighted by molar-refractivity contribution is -0.143. The normalized spacial score (nSPS) is 14.1. The van der Waals surface area contributed by atoms with Crippen molar-refractivity contribution in [1.82, 2.24) is 20.4 Å². The molecular formula is C74H70Cl2N4O14. The summed E-state index contributed by atoms with van der Waals surface area (Å²) in [4.78, 5) is 120. The number of hydrogen-bond donors (Lipinski definition) is 2. The Kier molecular flexibility index (Phi) is 19.4. The van der Waals surface area contributed by atoms with Gasteiger partial charge in [-0.15, -0.1) is 23.2 Å². The summed E-state index contributed by atoms with van der Waals surface area (Å²) in [5, 5.41) is 5.67. The standard InChI is InChI=1S/C74H70Cl2N4O14/c1-9-11-25-49(67(81)77-31-33-89-73(87)43(7)75)79-69(83)45-35-55(91-51-27-17-13-21-39(51)3)61-63-57(93-53-29-19-15-23-41(53)5)37-47-60-48(72(86)80(71(47)85)50(26-12-10-2)68(82)78-32-34-90-74(88)44(8)76)38-58(94-54-30-20-16-24-42(54)6)64(66(60)63)62-56(92-52-28-18-14-22-40(52)4)36-46(70(79)84)59(45)65(61)62/h13-24,27-30,35-38,43-44,49-50H,9-12,25-26,31-34H2,1-8H3,(H,77,81)(H,78,82). The molecule has 6 amide bonds. The van der Waals surface area contributed by atoms with Crippen LogP contribution >= 0.6 is 23.2 Å². The fourth-order valence-electron chi connectivity index (χ4n) is 12.3. The van der Waals surface area contributed by atoms with E-state index in [4.69, 9.17) is 51.6 Å². The van der Waals surface area contributed by atoms with Crippen LogP contribution in [0.3, 0.4) is 0 Å². The molecule has 9 aromatic rings. The zero-order chi connectivity index (χ0) is 66.8. The van der Waals surface area contributed by atoms with Gasteiger partial charge in [-0.2, -0.15) is 0 Å². The van der Waals surface area contributed by atoms with Gasteiger partial charge in [-0.1, -0.05) is 112 Å². The molecule has 94 heavy (non-hydrogen) atoms. The highest BCUT2D eigenvalue weighted by atomic mass is 35.5. The molecule has 4 unspecified atom stereocenters. The topological polar surface area (TPSA) is 222 Å². The van der Waals surface area contributed by atoms with Crippen molar-refractivity contribution < 1.29 is 66.8 Å². The molecule has 0 aromatic heterocycles. The minimum atomic E-state index is -1.37. The lowest BCUT2D eigenvalue weighted by Crippen LogP contribution is -2.54. The second kappa shape index (κ2) is 27.8. The number of halogens is 2. The number of carbonyl (C=O) groups is 8. The maximum Gasteiger partial charge on any atom is 0.323 e. The monoisotopic (exact) mass is 1310 g/mol. The molecule has 0 spiro atoms. The van der Waals surface area contributed by atoms with Gasteiger partial charge in [0.1, 0.15) is 82.0 Å². The van der Waals surface area contributed by atoms with Crippen molar-refractivity contribution >= 4 is 114 Å². The minimum Gasteiger partial charge on any atom is -0.463 e. The van der Waals surface area contributed by atoms with Crippen LogP contribution in [-0.2, 0) is 28.7 Å². The number of rotatable bonds is 26. The summed E-state index contributed by atoms with van der Waals surface area (Å²) in [5.41, 5.74) is 2.76. The predicted molar refractivity (Wildman–Crippen MR) is 359 cm³/mol. The second-order valence-electron chi connectivity index (χ2n) is 23.6. The fourth-order valence-corrected chi connectivity index (χ4v) is 12.4. The molecule has 2 aliphatic rings. The van der Waals surface area contributed by atoms with Crippen molar-refractivity contribution in [1.29, 1.82) is 0 Å². The van der Waals surface area contributed by atoms with Gasteiger partial charge in [-0.25, -0.2) is 0 Å². The Bertz CT molecular complexity index is 4040. The van der Waals surface area contributed by atoms with Gasteiger partial charge in [0.25, 0.3) is 23.6 Å². The summed E-state index contributed by atoms with van der Waals surface area (Å²) in [6.45, 7) is 13.5. The summed E-state index contributed by atoms with van der Waals surface area (Å²) in [6.07, 6.45) is 2.18. The molecule has 4 atom stereocenters. The van der Waals surface area contributed by atoms with Crippen LogP contribution in [0.15, 0.2) is 121 Å². The molecule has 0 saturated heterocycles. The highest BCUT2D eigenvalue weighted by molar-refractivity contribution is 6.45. The number of fused-ring (bicyclic) bond motifs is 2. The van der Waals surface area contributed by atoms with E-state index in [1.54, 1.807) is 72.8 Å². The van der Waals surface area contributed by atoms with E-state index < -0.39 is 70.2 Å². The number of para-hydroxylation sites is 4. The molecule has 11 rings (SSSR count). The van der Waals surface area contributed by atoms with Crippen LogP contribution in [0.25, 0.3) is 43.1 Å². The Balaban J connectivity index is 1.28. The summed E-state index contributed by atoms with van der Waals surface area (Å²) in [6, 6.07) is 32.6.